The van der Waals surface area contributed by atoms with Gasteiger partial charge in [-0.25, -0.2) is 0 Å². The van der Waals surface area contributed by atoms with Crippen molar-refractivity contribution in [2.75, 3.05) is 0 Å². The quantitative estimate of drug-likeness (QED) is 0.727. The van der Waals surface area contributed by atoms with Crippen LogP contribution >= 0.6 is 0 Å². The third kappa shape index (κ3) is 4.23. The minimum Gasteiger partial charge on any atom is -0.460 e. The summed E-state index contributed by atoms with van der Waals surface area (Å²) >= 11 is 0. The molecular formula is C18H30O4. The molecule has 1 atom stereocenters. The minimum atomic E-state index is -0.426. The van der Waals surface area contributed by atoms with Gasteiger partial charge in [0.1, 0.15) is 11.2 Å². The van der Waals surface area contributed by atoms with Crippen molar-refractivity contribution >= 4 is 11.9 Å². The van der Waals surface area contributed by atoms with Gasteiger partial charge in [-0.3, -0.25) is 9.59 Å². The summed E-state index contributed by atoms with van der Waals surface area (Å²) in [5, 5.41) is 0. The Hall–Kier alpha value is -1.06. The Bertz CT molecular complexity index is 445. The van der Waals surface area contributed by atoms with Crippen molar-refractivity contribution in [2.24, 2.45) is 17.3 Å². The Labute approximate surface area is 133 Å². The Morgan fingerprint density at radius 1 is 0.864 bits per heavy atom. The van der Waals surface area contributed by atoms with E-state index in [1.165, 1.54) is 0 Å². The topological polar surface area (TPSA) is 52.6 Å². The van der Waals surface area contributed by atoms with Crippen LogP contribution in [0.2, 0.25) is 0 Å². The largest absolute Gasteiger partial charge is 0.460 e. The maximum atomic E-state index is 12.2. The van der Waals surface area contributed by atoms with Gasteiger partial charge in [0.15, 0.2) is 0 Å². The van der Waals surface area contributed by atoms with Gasteiger partial charge in [-0.2, -0.15) is 0 Å². The van der Waals surface area contributed by atoms with E-state index in [1.807, 2.05) is 41.5 Å². The normalized spacial score (nSPS) is 31.7. The number of rotatable bonds is 2. The summed E-state index contributed by atoms with van der Waals surface area (Å²) in [5.41, 5.74) is -0.750. The summed E-state index contributed by atoms with van der Waals surface area (Å²) in [4.78, 5) is 24.3. The highest BCUT2D eigenvalue weighted by molar-refractivity contribution is 5.78. The third-order valence-electron chi connectivity index (χ3n) is 4.60. The average Bonchev–Trinajstić information content (AvgIpc) is 3.00. The van der Waals surface area contributed by atoms with E-state index in [4.69, 9.17) is 9.47 Å². The van der Waals surface area contributed by atoms with E-state index in [9.17, 15) is 9.59 Å². The van der Waals surface area contributed by atoms with Gasteiger partial charge in [-0.1, -0.05) is 0 Å². The van der Waals surface area contributed by atoms with Crippen LogP contribution in [0, 0.1) is 17.3 Å². The first-order valence-electron chi connectivity index (χ1n) is 8.38. The van der Waals surface area contributed by atoms with Crippen molar-refractivity contribution in [1.29, 1.82) is 0 Å². The fourth-order valence-electron chi connectivity index (χ4n) is 3.42. The predicted octanol–water partition coefficient (Wildman–Crippen LogP) is 3.87. The van der Waals surface area contributed by atoms with Crippen molar-refractivity contribution in [3.05, 3.63) is 0 Å². The van der Waals surface area contributed by atoms with Crippen LogP contribution in [0.15, 0.2) is 0 Å². The van der Waals surface area contributed by atoms with Crippen molar-refractivity contribution < 1.29 is 19.1 Å². The SMILES string of the molecule is CC(C)(C)OC(=O)C1CCC2(CC1)CC2C(=O)OC(C)(C)C. The van der Waals surface area contributed by atoms with Gasteiger partial charge in [-0.05, 0) is 79.1 Å². The van der Waals surface area contributed by atoms with E-state index in [0.717, 1.165) is 32.1 Å². The van der Waals surface area contributed by atoms with E-state index >= 15 is 0 Å². The van der Waals surface area contributed by atoms with Crippen LogP contribution in [0.3, 0.4) is 0 Å². The lowest BCUT2D eigenvalue weighted by atomic mass is 9.78. The van der Waals surface area contributed by atoms with Crippen LogP contribution in [-0.2, 0) is 19.1 Å². The molecule has 2 aliphatic carbocycles. The van der Waals surface area contributed by atoms with Crippen LogP contribution in [0.4, 0.5) is 0 Å². The van der Waals surface area contributed by atoms with Crippen molar-refractivity contribution in [3.63, 3.8) is 0 Å². The highest BCUT2D eigenvalue weighted by Crippen LogP contribution is 2.62. The minimum absolute atomic E-state index is 0.00950. The molecule has 0 saturated heterocycles. The van der Waals surface area contributed by atoms with Crippen molar-refractivity contribution in [2.45, 2.75) is 84.8 Å². The molecular weight excluding hydrogens is 280 g/mol. The van der Waals surface area contributed by atoms with Gasteiger partial charge in [0, 0.05) is 0 Å². The molecule has 1 unspecified atom stereocenters. The van der Waals surface area contributed by atoms with Gasteiger partial charge in [0.25, 0.3) is 0 Å². The number of esters is 2. The lowest BCUT2D eigenvalue weighted by Gasteiger charge is -2.30. The van der Waals surface area contributed by atoms with E-state index in [1.54, 1.807) is 0 Å². The number of carbonyl (C=O) groups excluding carboxylic acids is 2. The van der Waals surface area contributed by atoms with E-state index < -0.39 is 11.2 Å². The van der Waals surface area contributed by atoms with Gasteiger partial charge >= 0.3 is 11.9 Å². The van der Waals surface area contributed by atoms with Gasteiger partial charge in [0.05, 0.1) is 11.8 Å². The molecule has 4 nitrogen and oxygen atoms in total. The number of hydrogen-bond acceptors (Lipinski definition) is 4. The molecule has 0 aromatic rings. The number of ether oxygens (including phenoxy) is 2. The molecule has 0 radical (unpaired) electrons. The van der Waals surface area contributed by atoms with E-state index in [2.05, 4.69) is 0 Å². The highest BCUT2D eigenvalue weighted by Gasteiger charge is 2.60. The number of hydrogen-bond donors (Lipinski definition) is 0. The molecule has 0 N–H and O–H groups in total. The summed E-state index contributed by atoms with van der Waals surface area (Å²) in [6.07, 6.45) is 4.44. The maximum absolute atomic E-state index is 12.2. The molecule has 2 fully saturated rings. The average molecular weight is 310 g/mol. The molecule has 2 rings (SSSR count). The van der Waals surface area contributed by atoms with Crippen LogP contribution < -0.4 is 0 Å². The van der Waals surface area contributed by atoms with Gasteiger partial charge < -0.3 is 9.47 Å². The molecule has 0 aromatic carbocycles. The Balaban J connectivity index is 1.84. The maximum Gasteiger partial charge on any atom is 0.310 e. The molecule has 2 aliphatic rings. The van der Waals surface area contributed by atoms with Crippen LogP contribution in [0.1, 0.15) is 73.6 Å². The monoisotopic (exact) mass is 310 g/mol. The van der Waals surface area contributed by atoms with Gasteiger partial charge in [0.2, 0.25) is 0 Å². The predicted molar refractivity (Wildman–Crippen MR) is 84.2 cm³/mol. The molecule has 4 heteroatoms. The number of carbonyl (C=O) groups is 2. The molecule has 2 saturated carbocycles. The zero-order valence-corrected chi connectivity index (χ0v) is 14.8. The standard InChI is InChI=1S/C18H30O4/c1-16(2,3)21-14(19)12-7-9-18(10-8-12)11-13(18)15(20)22-17(4,5)6/h12-13H,7-11H2,1-6H3. The second-order valence-electron chi connectivity index (χ2n) is 8.96. The van der Waals surface area contributed by atoms with E-state index in [-0.39, 0.29) is 29.2 Å². The Morgan fingerprint density at radius 3 is 1.77 bits per heavy atom. The summed E-state index contributed by atoms with van der Waals surface area (Å²) in [5.74, 6) is -0.129. The van der Waals surface area contributed by atoms with E-state index in [0.29, 0.717) is 0 Å². The third-order valence-corrected chi connectivity index (χ3v) is 4.60. The zero-order valence-electron chi connectivity index (χ0n) is 14.8. The highest BCUT2D eigenvalue weighted by atomic mass is 16.6. The summed E-state index contributed by atoms with van der Waals surface area (Å²) in [6, 6.07) is 0. The fraction of sp³-hybridized carbons (Fsp3) is 0.889. The first-order valence-corrected chi connectivity index (χ1v) is 8.38. The first kappa shape index (κ1) is 17.3. The fourth-order valence-corrected chi connectivity index (χ4v) is 3.42. The second-order valence-corrected chi connectivity index (χ2v) is 8.96. The molecule has 0 amide bonds. The zero-order chi connectivity index (χ0) is 16.8. The second kappa shape index (κ2) is 5.54. The molecule has 0 heterocycles. The smallest absolute Gasteiger partial charge is 0.310 e. The first-order chi connectivity index (χ1) is 9.92. The lowest BCUT2D eigenvalue weighted by Crippen LogP contribution is -2.32. The Kier molecular flexibility index (Phi) is 4.35. The summed E-state index contributed by atoms with van der Waals surface area (Å²) in [6.45, 7) is 11.4. The van der Waals surface area contributed by atoms with Crippen LogP contribution in [0.5, 0.6) is 0 Å². The van der Waals surface area contributed by atoms with Gasteiger partial charge in [-0.15, -0.1) is 0 Å². The molecule has 22 heavy (non-hydrogen) atoms. The molecule has 0 bridgehead atoms. The van der Waals surface area contributed by atoms with Crippen molar-refractivity contribution in [1.82, 2.24) is 0 Å². The van der Waals surface area contributed by atoms with Crippen molar-refractivity contribution in [3.8, 4) is 0 Å². The van der Waals surface area contributed by atoms with Crippen LogP contribution in [0.25, 0.3) is 0 Å². The summed E-state index contributed by atoms with van der Waals surface area (Å²) in [7, 11) is 0. The Morgan fingerprint density at radius 2 is 1.32 bits per heavy atom. The van der Waals surface area contributed by atoms with Crippen LogP contribution in [-0.4, -0.2) is 23.1 Å². The lowest BCUT2D eigenvalue weighted by molar-refractivity contribution is -0.161. The molecule has 0 aliphatic heterocycles. The molecule has 126 valence electrons. The molecule has 0 aromatic heterocycles. The molecule has 1 spiro atoms. The summed E-state index contributed by atoms with van der Waals surface area (Å²) < 4.78 is 11.0.